The van der Waals surface area contributed by atoms with Gasteiger partial charge in [0.05, 0.1) is 11.1 Å². The Morgan fingerprint density at radius 2 is 1.84 bits per heavy atom. The lowest BCUT2D eigenvalue weighted by molar-refractivity contribution is -0.138. The Labute approximate surface area is 106 Å². The normalized spacial score (nSPS) is 10.8. The average Bonchev–Trinajstić information content (AvgIpc) is 2.39. The molecule has 0 aliphatic rings. The van der Waals surface area contributed by atoms with Gasteiger partial charge in [-0.1, -0.05) is 12.1 Å². The maximum absolute atomic E-state index is 12.7. The Morgan fingerprint density at radius 3 is 2.42 bits per heavy atom. The Bertz CT molecular complexity index is 615. The van der Waals surface area contributed by atoms with E-state index in [1.807, 2.05) is 6.07 Å². The summed E-state index contributed by atoms with van der Waals surface area (Å²) in [5.41, 5.74) is -0.572. The van der Waals surface area contributed by atoms with Crippen molar-refractivity contribution in [2.45, 2.75) is 6.18 Å². The molecule has 1 aromatic carbocycles. The van der Waals surface area contributed by atoms with Crippen LogP contribution in [0.4, 0.5) is 13.2 Å². The van der Waals surface area contributed by atoms with Crippen LogP contribution >= 0.6 is 0 Å². The van der Waals surface area contributed by atoms with Gasteiger partial charge in [-0.25, -0.2) is 4.98 Å². The number of alkyl halides is 3. The Hall–Kier alpha value is -2.55. The van der Waals surface area contributed by atoms with Gasteiger partial charge >= 0.3 is 6.18 Å². The number of benzene rings is 1. The molecule has 2 rings (SSSR count). The summed E-state index contributed by atoms with van der Waals surface area (Å²) in [6.07, 6.45) is -3.27. The fourth-order valence-electron chi connectivity index (χ4n) is 1.41. The molecule has 0 bridgehead atoms. The number of rotatable bonds is 2. The van der Waals surface area contributed by atoms with E-state index in [9.17, 15) is 13.2 Å². The van der Waals surface area contributed by atoms with E-state index >= 15 is 0 Å². The fourth-order valence-corrected chi connectivity index (χ4v) is 1.41. The minimum atomic E-state index is -4.50. The van der Waals surface area contributed by atoms with Crippen LogP contribution in [0.3, 0.4) is 0 Å². The molecule has 6 heteroatoms. The molecule has 0 saturated carbocycles. The zero-order valence-corrected chi connectivity index (χ0v) is 9.48. The third-order valence-electron chi connectivity index (χ3n) is 2.27. The van der Waals surface area contributed by atoms with Gasteiger partial charge in [0.15, 0.2) is 0 Å². The molecule has 0 amide bonds. The molecule has 3 nitrogen and oxygen atoms in total. The molecule has 0 aliphatic carbocycles. The first-order valence-electron chi connectivity index (χ1n) is 5.21. The first kappa shape index (κ1) is 12.9. The van der Waals surface area contributed by atoms with E-state index in [1.54, 1.807) is 0 Å². The zero-order chi connectivity index (χ0) is 13.9. The van der Waals surface area contributed by atoms with Crippen LogP contribution in [0, 0.1) is 11.3 Å². The van der Waals surface area contributed by atoms with Crippen molar-refractivity contribution < 1.29 is 17.9 Å². The lowest BCUT2D eigenvalue weighted by Crippen LogP contribution is -2.07. The van der Waals surface area contributed by atoms with E-state index in [-0.39, 0.29) is 11.6 Å². The number of para-hydroxylation sites is 1. The molecule has 2 aromatic rings. The number of hydrogen-bond donors (Lipinski definition) is 0. The van der Waals surface area contributed by atoms with Crippen LogP contribution in [0.15, 0.2) is 42.6 Å². The van der Waals surface area contributed by atoms with Gasteiger partial charge in [-0.15, -0.1) is 0 Å². The summed E-state index contributed by atoms with van der Waals surface area (Å²) in [5, 5.41) is 8.59. The predicted octanol–water partition coefficient (Wildman–Crippen LogP) is 3.76. The summed E-state index contributed by atoms with van der Waals surface area (Å²) < 4.78 is 43.3. The fraction of sp³-hybridized carbons (Fsp3) is 0.0769. The number of ether oxygens (including phenoxy) is 1. The topological polar surface area (TPSA) is 45.9 Å². The molecule has 0 saturated heterocycles. The third-order valence-corrected chi connectivity index (χ3v) is 2.27. The highest BCUT2D eigenvalue weighted by molar-refractivity contribution is 5.38. The number of aromatic nitrogens is 1. The molecule has 0 atom stereocenters. The lowest BCUT2D eigenvalue weighted by Gasteiger charge is -2.12. The first-order chi connectivity index (χ1) is 9.00. The standard InChI is InChI=1S/C13H7F3N2O/c14-13(15,16)10-3-1-2-4-11(10)19-12-6-5-9(7-17)8-18-12/h1-6,8H. The van der Waals surface area contributed by atoms with Crippen molar-refractivity contribution >= 4 is 0 Å². The molecule has 0 unspecified atom stereocenters. The second kappa shape index (κ2) is 4.98. The van der Waals surface area contributed by atoms with E-state index in [0.717, 1.165) is 6.07 Å². The second-order valence-electron chi connectivity index (χ2n) is 3.59. The van der Waals surface area contributed by atoms with Crippen molar-refractivity contribution in [1.29, 1.82) is 5.26 Å². The van der Waals surface area contributed by atoms with Gasteiger partial charge in [0.2, 0.25) is 5.88 Å². The van der Waals surface area contributed by atoms with Crippen molar-refractivity contribution in [3.8, 4) is 17.7 Å². The van der Waals surface area contributed by atoms with E-state index in [1.165, 1.54) is 36.5 Å². The largest absolute Gasteiger partial charge is 0.438 e. The SMILES string of the molecule is N#Cc1ccc(Oc2ccccc2C(F)(F)F)nc1. The summed E-state index contributed by atoms with van der Waals surface area (Å²) in [7, 11) is 0. The van der Waals surface area contributed by atoms with Crippen LogP contribution in [0.25, 0.3) is 0 Å². The second-order valence-corrected chi connectivity index (χ2v) is 3.59. The van der Waals surface area contributed by atoms with E-state index < -0.39 is 11.7 Å². The minimum absolute atomic E-state index is 0.00398. The number of nitriles is 1. The van der Waals surface area contributed by atoms with E-state index in [4.69, 9.17) is 10.00 Å². The first-order valence-corrected chi connectivity index (χ1v) is 5.21. The Balaban J connectivity index is 2.31. The van der Waals surface area contributed by atoms with Crippen molar-refractivity contribution in [3.05, 3.63) is 53.7 Å². The molecule has 19 heavy (non-hydrogen) atoms. The molecular formula is C13H7F3N2O. The van der Waals surface area contributed by atoms with Crippen LogP contribution in [0.5, 0.6) is 11.6 Å². The highest BCUT2D eigenvalue weighted by Crippen LogP contribution is 2.37. The van der Waals surface area contributed by atoms with Crippen LogP contribution in [-0.4, -0.2) is 4.98 Å². The molecule has 0 N–H and O–H groups in total. The zero-order valence-electron chi connectivity index (χ0n) is 9.48. The van der Waals surface area contributed by atoms with Crippen molar-refractivity contribution in [2.24, 2.45) is 0 Å². The van der Waals surface area contributed by atoms with Gasteiger partial charge in [0.25, 0.3) is 0 Å². The molecule has 96 valence electrons. The number of hydrogen-bond acceptors (Lipinski definition) is 3. The number of nitrogens with zero attached hydrogens (tertiary/aromatic N) is 2. The maximum atomic E-state index is 12.7. The third kappa shape index (κ3) is 3.01. The van der Waals surface area contributed by atoms with Crippen LogP contribution in [0.2, 0.25) is 0 Å². The van der Waals surface area contributed by atoms with Gasteiger partial charge in [0, 0.05) is 12.3 Å². The van der Waals surface area contributed by atoms with Crippen LogP contribution < -0.4 is 4.74 Å². The summed E-state index contributed by atoms with van der Waals surface area (Å²) >= 11 is 0. The highest BCUT2D eigenvalue weighted by atomic mass is 19.4. The molecule has 0 radical (unpaired) electrons. The molecule has 0 fully saturated rings. The monoisotopic (exact) mass is 264 g/mol. The molecule has 0 aliphatic heterocycles. The van der Waals surface area contributed by atoms with Gasteiger partial charge < -0.3 is 4.74 Å². The average molecular weight is 264 g/mol. The van der Waals surface area contributed by atoms with Gasteiger partial charge in [-0.3, -0.25) is 0 Å². The predicted molar refractivity (Wildman–Crippen MR) is 60.5 cm³/mol. The van der Waals surface area contributed by atoms with Crippen molar-refractivity contribution in [2.75, 3.05) is 0 Å². The van der Waals surface area contributed by atoms with E-state index in [2.05, 4.69) is 4.98 Å². The summed E-state index contributed by atoms with van der Waals surface area (Å²) in [4.78, 5) is 3.76. The van der Waals surface area contributed by atoms with Crippen LogP contribution in [0.1, 0.15) is 11.1 Å². The maximum Gasteiger partial charge on any atom is 0.419 e. The number of halogens is 3. The van der Waals surface area contributed by atoms with Crippen molar-refractivity contribution in [1.82, 2.24) is 4.98 Å². The molecule has 1 aromatic heterocycles. The summed E-state index contributed by atoms with van der Waals surface area (Å²) in [6, 6.07) is 9.47. The summed E-state index contributed by atoms with van der Waals surface area (Å²) in [5.74, 6) is -0.331. The number of pyridine rings is 1. The Morgan fingerprint density at radius 1 is 1.11 bits per heavy atom. The molecule has 0 spiro atoms. The van der Waals surface area contributed by atoms with Gasteiger partial charge in [0.1, 0.15) is 11.8 Å². The van der Waals surface area contributed by atoms with Crippen molar-refractivity contribution in [3.63, 3.8) is 0 Å². The minimum Gasteiger partial charge on any atom is -0.438 e. The highest BCUT2D eigenvalue weighted by Gasteiger charge is 2.34. The van der Waals surface area contributed by atoms with Crippen LogP contribution in [-0.2, 0) is 6.18 Å². The Kier molecular flexibility index (Phi) is 3.38. The smallest absolute Gasteiger partial charge is 0.419 e. The quantitative estimate of drug-likeness (QED) is 0.829. The van der Waals surface area contributed by atoms with Gasteiger partial charge in [-0.2, -0.15) is 18.4 Å². The van der Waals surface area contributed by atoms with E-state index in [0.29, 0.717) is 5.56 Å². The molecular weight excluding hydrogens is 257 g/mol. The summed E-state index contributed by atoms with van der Waals surface area (Å²) in [6.45, 7) is 0. The lowest BCUT2D eigenvalue weighted by atomic mass is 10.2. The van der Waals surface area contributed by atoms with Gasteiger partial charge in [-0.05, 0) is 18.2 Å². The molecule has 1 heterocycles.